The smallest absolute Gasteiger partial charge is 0.149 e. The Hall–Kier alpha value is -1.07. The minimum absolute atomic E-state index is 0.104. The molecule has 0 fully saturated rings. The van der Waals surface area contributed by atoms with Gasteiger partial charge in [0.25, 0.3) is 0 Å². The summed E-state index contributed by atoms with van der Waals surface area (Å²) < 4.78 is 29.1. The van der Waals surface area contributed by atoms with Crippen LogP contribution in [-0.2, 0) is 16.3 Å². The number of sulfone groups is 1. The predicted molar refractivity (Wildman–Crippen MR) is 81.0 cm³/mol. The normalized spacial score (nSPS) is 16.3. The Morgan fingerprint density at radius 2 is 2.20 bits per heavy atom. The van der Waals surface area contributed by atoms with E-state index in [1.165, 1.54) is 11.8 Å². The van der Waals surface area contributed by atoms with Gasteiger partial charge in [0.2, 0.25) is 0 Å². The highest BCUT2D eigenvalue weighted by molar-refractivity contribution is 7.90. The fourth-order valence-corrected chi connectivity index (χ4v) is 3.47. The maximum absolute atomic E-state index is 11.7. The van der Waals surface area contributed by atoms with Crippen LogP contribution in [0.2, 0.25) is 0 Å². The van der Waals surface area contributed by atoms with Crippen molar-refractivity contribution in [1.82, 2.24) is 5.32 Å². The van der Waals surface area contributed by atoms with Crippen molar-refractivity contribution in [3.05, 3.63) is 29.3 Å². The second kappa shape index (κ2) is 6.59. The third kappa shape index (κ3) is 3.96. The molecule has 0 bridgehead atoms. The van der Waals surface area contributed by atoms with E-state index in [-0.39, 0.29) is 11.8 Å². The second-order valence-corrected chi connectivity index (χ2v) is 7.57. The van der Waals surface area contributed by atoms with Crippen LogP contribution in [0, 0.1) is 0 Å². The topological polar surface area (TPSA) is 55.4 Å². The molecule has 1 aromatic rings. The molecule has 2 rings (SSSR count). The first-order chi connectivity index (χ1) is 9.51. The van der Waals surface area contributed by atoms with Gasteiger partial charge in [-0.1, -0.05) is 25.1 Å². The van der Waals surface area contributed by atoms with Gasteiger partial charge in [0.05, 0.1) is 12.4 Å². The zero-order chi connectivity index (χ0) is 14.6. The van der Waals surface area contributed by atoms with E-state index in [1.807, 2.05) is 12.1 Å². The average Bonchev–Trinajstić information content (AvgIpc) is 2.41. The van der Waals surface area contributed by atoms with Crippen LogP contribution in [0.4, 0.5) is 0 Å². The van der Waals surface area contributed by atoms with E-state index in [0.717, 1.165) is 37.1 Å². The van der Waals surface area contributed by atoms with Crippen molar-refractivity contribution < 1.29 is 13.2 Å². The van der Waals surface area contributed by atoms with Gasteiger partial charge in [-0.3, -0.25) is 0 Å². The number of benzene rings is 1. The van der Waals surface area contributed by atoms with Crippen LogP contribution in [0.25, 0.3) is 0 Å². The quantitative estimate of drug-likeness (QED) is 0.873. The van der Waals surface area contributed by atoms with E-state index in [0.29, 0.717) is 6.61 Å². The fraction of sp³-hybridized carbons (Fsp3) is 0.600. The summed E-state index contributed by atoms with van der Waals surface area (Å²) in [6, 6.07) is 5.84. The third-order valence-corrected chi connectivity index (χ3v) is 4.39. The Balaban J connectivity index is 2.32. The number of para-hydroxylation sites is 1. The predicted octanol–water partition coefficient (Wildman–Crippen LogP) is 2.10. The molecule has 0 amide bonds. The maximum Gasteiger partial charge on any atom is 0.149 e. The van der Waals surface area contributed by atoms with E-state index in [4.69, 9.17) is 4.74 Å². The zero-order valence-electron chi connectivity index (χ0n) is 12.2. The standard InChI is InChI=1S/C15H23NO3S/c1-3-9-16-14(11-20(2,17)18)13-8-4-6-12-7-5-10-19-15(12)13/h4,6,8,14,16H,3,5,7,9-11H2,1-2H3. The van der Waals surface area contributed by atoms with E-state index < -0.39 is 9.84 Å². The molecule has 1 N–H and O–H groups in total. The van der Waals surface area contributed by atoms with Gasteiger partial charge in [0.1, 0.15) is 15.6 Å². The largest absolute Gasteiger partial charge is 0.493 e. The summed E-state index contributed by atoms with van der Waals surface area (Å²) in [6.45, 7) is 3.58. The number of rotatable bonds is 6. The summed E-state index contributed by atoms with van der Waals surface area (Å²) in [5, 5.41) is 3.33. The Morgan fingerprint density at radius 1 is 1.40 bits per heavy atom. The first-order valence-electron chi connectivity index (χ1n) is 7.17. The van der Waals surface area contributed by atoms with Crippen LogP contribution in [0.1, 0.15) is 36.9 Å². The number of ether oxygens (including phenoxy) is 1. The van der Waals surface area contributed by atoms with Crippen molar-refractivity contribution in [2.45, 2.75) is 32.2 Å². The van der Waals surface area contributed by atoms with Crippen LogP contribution in [0.5, 0.6) is 5.75 Å². The molecule has 1 heterocycles. The fourth-order valence-electron chi connectivity index (χ4n) is 2.57. The van der Waals surface area contributed by atoms with Crippen molar-refractivity contribution in [2.75, 3.05) is 25.2 Å². The molecule has 0 radical (unpaired) electrons. The average molecular weight is 297 g/mol. The Bertz CT molecular complexity index is 554. The van der Waals surface area contributed by atoms with Crippen molar-refractivity contribution in [3.8, 4) is 5.75 Å². The van der Waals surface area contributed by atoms with Crippen LogP contribution in [-0.4, -0.2) is 33.6 Å². The zero-order valence-corrected chi connectivity index (χ0v) is 13.0. The van der Waals surface area contributed by atoms with Gasteiger partial charge in [-0.2, -0.15) is 0 Å². The molecule has 1 aliphatic heterocycles. The number of fused-ring (bicyclic) bond motifs is 1. The van der Waals surface area contributed by atoms with Gasteiger partial charge in [0.15, 0.2) is 0 Å². The Labute approximate surface area is 121 Å². The second-order valence-electron chi connectivity index (χ2n) is 5.39. The molecule has 20 heavy (non-hydrogen) atoms. The van der Waals surface area contributed by atoms with E-state index in [2.05, 4.69) is 18.3 Å². The molecular formula is C15H23NO3S. The molecule has 1 aliphatic rings. The molecule has 0 spiro atoms. The molecule has 112 valence electrons. The van der Waals surface area contributed by atoms with Gasteiger partial charge in [-0.15, -0.1) is 0 Å². The van der Waals surface area contributed by atoms with Crippen molar-refractivity contribution in [2.24, 2.45) is 0 Å². The minimum Gasteiger partial charge on any atom is -0.493 e. The third-order valence-electron chi connectivity index (χ3n) is 3.45. The molecule has 0 saturated heterocycles. The molecule has 0 aromatic heterocycles. The molecule has 4 nitrogen and oxygen atoms in total. The Kier molecular flexibility index (Phi) is 5.05. The minimum atomic E-state index is -3.05. The monoisotopic (exact) mass is 297 g/mol. The van der Waals surface area contributed by atoms with Crippen LogP contribution in [0.3, 0.4) is 0 Å². The lowest BCUT2D eigenvalue weighted by molar-refractivity contribution is 0.282. The SMILES string of the molecule is CCCNC(CS(C)(=O)=O)c1cccc2c1OCCC2. The molecule has 0 aliphatic carbocycles. The van der Waals surface area contributed by atoms with E-state index in [1.54, 1.807) is 0 Å². The summed E-state index contributed by atoms with van der Waals surface area (Å²) >= 11 is 0. The summed E-state index contributed by atoms with van der Waals surface area (Å²) in [6.07, 6.45) is 4.28. The number of hydrogen-bond donors (Lipinski definition) is 1. The summed E-state index contributed by atoms with van der Waals surface area (Å²) in [5.74, 6) is 0.989. The first-order valence-corrected chi connectivity index (χ1v) is 9.23. The molecule has 0 saturated carbocycles. The first kappa shape index (κ1) is 15.3. The maximum atomic E-state index is 11.7. The summed E-state index contributed by atoms with van der Waals surface area (Å²) in [4.78, 5) is 0. The van der Waals surface area contributed by atoms with E-state index in [9.17, 15) is 8.42 Å². The van der Waals surface area contributed by atoms with Crippen molar-refractivity contribution in [3.63, 3.8) is 0 Å². The lowest BCUT2D eigenvalue weighted by Crippen LogP contribution is -2.29. The highest BCUT2D eigenvalue weighted by Crippen LogP contribution is 2.33. The lowest BCUT2D eigenvalue weighted by atomic mass is 9.98. The van der Waals surface area contributed by atoms with Crippen LogP contribution in [0.15, 0.2) is 18.2 Å². The number of aryl methyl sites for hydroxylation is 1. The van der Waals surface area contributed by atoms with E-state index >= 15 is 0 Å². The molecule has 1 aromatic carbocycles. The molecular weight excluding hydrogens is 274 g/mol. The van der Waals surface area contributed by atoms with Gasteiger partial charge < -0.3 is 10.1 Å². The molecule has 1 atom stereocenters. The van der Waals surface area contributed by atoms with Gasteiger partial charge >= 0.3 is 0 Å². The Morgan fingerprint density at radius 3 is 2.90 bits per heavy atom. The molecule has 1 unspecified atom stereocenters. The van der Waals surface area contributed by atoms with Gasteiger partial charge in [-0.05, 0) is 31.4 Å². The summed E-state index contributed by atoms with van der Waals surface area (Å²) in [7, 11) is -3.05. The van der Waals surface area contributed by atoms with Crippen LogP contribution >= 0.6 is 0 Å². The van der Waals surface area contributed by atoms with Gasteiger partial charge in [-0.25, -0.2) is 8.42 Å². The molecule has 5 heteroatoms. The van der Waals surface area contributed by atoms with Crippen LogP contribution < -0.4 is 10.1 Å². The summed E-state index contributed by atoms with van der Waals surface area (Å²) in [5.41, 5.74) is 2.16. The highest BCUT2D eigenvalue weighted by atomic mass is 32.2. The number of nitrogens with one attached hydrogen (secondary N) is 1. The highest BCUT2D eigenvalue weighted by Gasteiger charge is 2.23. The van der Waals surface area contributed by atoms with Crippen molar-refractivity contribution >= 4 is 9.84 Å². The lowest BCUT2D eigenvalue weighted by Gasteiger charge is -2.25. The van der Waals surface area contributed by atoms with Crippen molar-refractivity contribution in [1.29, 1.82) is 0 Å². The number of hydrogen-bond acceptors (Lipinski definition) is 4. The van der Waals surface area contributed by atoms with Gasteiger partial charge in [0, 0.05) is 17.9 Å².